The van der Waals surface area contributed by atoms with Gasteiger partial charge >= 0.3 is 0 Å². The number of carbonyl (C=O) groups excluding carboxylic acids is 1. The number of halogens is 2. The molecule has 1 amide bonds. The summed E-state index contributed by atoms with van der Waals surface area (Å²) < 4.78 is 1.63. The van der Waals surface area contributed by atoms with Crippen LogP contribution in [0.5, 0.6) is 0 Å². The summed E-state index contributed by atoms with van der Waals surface area (Å²) in [7, 11) is 0. The van der Waals surface area contributed by atoms with Crippen molar-refractivity contribution in [2.45, 2.75) is 13.5 Å². The lowest BCUT2D eigenvalue weighted by molar-refractivity contribution is -0.385. The van der Waals surface area contributed by atoms with Crippen molar-refractivity contribution in [1.82, 2.24) is 9.78 Å². The lowest BCUT2D eigenvalue weighted by Crippen LogP contribution is -2.12. The Hall–Kier alpha value is -2.90. The first kappa shape index (κ1) is 18.9. The van der Waals surface area contributed by atoms with Crippen molar-refractivity contribution in [3.63, 3.8) is 0 Å². The molecule has 0 radical (unpaired) electrons. The van der Waals surface area contributed by atoms with Gasteiger partial charge in [0.2, 0.25) is 0 Å². The van der Waals surface area contributed by atoms with E-state index in [0.717, 1.165) is 5.56 Å². The van der Waals surface area contributed by atoms with Crippen molar-refractivity contribution < 1.29 is 9.72 Å². The van der Waals surface area contributed by atoms with Crippen LogP contribution in [0.1, 0.15) is 21.5 Å². The van der Waals surface area contributed by atoms with Crippen LogP contribution >= 0.6 is 23.2 Å². The highest BCUT2D eigenvalue weighted by molar-refractivity contribution is 6.35. The number of carbonyl (C=O) groups is 1. The minimum Gasteiger partial charge on any atom is -0.319 e. The van der Waals surface area contributed by atoms with Crippen LogP contribution in [0.15, 0.2) is 48.8 Å². The molecular formula is C18H14Cl2N4O3. The van der Waals surface area contributed by atoms with E-state index in [9.17, 15) is 14.9 Å². The highest BCUT2D eigenvalue weighted by Gasteiger charge is 2.14. The average Bonchev–Trinajstić information content (AvgIpc) is 3.04. The molecule has 1 heterocycles. The Morgan fingerprint density at radius 2 is 2.04 bits per heavy atom. The first-order valence-electron chi connectivity index (χ1n) is 7.86. The second-order valence-electron chi connectivity index (χ2n) is 5.87. The molecular weight excluding hydrogens is 391 g/mol. The zero-order chi connectivity index (χ0) is 19.6. The first-order chi connectivity index (χ1) is 12.8. The molecule has 0 bridgehead atoms. The van der Waals surface area contributed by atoms with Gasteiger partial charge in [0.1, 0.15) is 0 Å². The number of nitrogens with zero attached hydrogens (tertiary/aromatic N) is 3. The van der Waals surface area contributed by atoms with Crippen LogP contribution in [0.2, 0.25) is 10.0 Å². The van der Waals surface area contributed by atoms with Gasteiger partial charge in [-0.2, -0.15) is 5.10 Å². The number of rotatable bonds is 5. The van der Waals surface area contributed by atoms with Crippen LogP contribution in [-0.2, 0) is 6.54 Å². The summed E-state index contributed by atoms with van der Waals surface area (Å²) >= 11 is 12.0. The van der Waals surface area contributed by atoms with Crippen molar-refractivity contribution in [2.24, 2.45) is 0 Å². The van der Waals surface area contributed by atoms with Gasteiger partial charge in [-0.1, -0.05) is 29.3 Å². The van der Waals surface area contributed by atoms with Gasteiger partial charge in [-0.15, -0.1) is 0 Å². The van der Waals surface area contributed by atoms with Crippen LogP contribution < -0.4 is 5.32 Å². The minimum atomic E-state index is -0.483. The summed E-state index contributed by atoms with van der Waals surface area (Å²) in [5, 5.41) is 18.9. The van der Waals surface area contributed by atoms with Crippen molar-refractivity contribution in [1.29, 1.82) is 0 Å². The van der Waals surface area contributed by atoms with Crippen LogP contribution in [-0.4, -0.2) is 20.6 Å². The third kappa shape index (κ3) is 4.45. The molecule has 3 rings (SSSR count). The fourth-order valence-electron chi connectivity index (χ4n) is 2.54. The fourth-order valence-corrected chi connectivity index (χ4v) is 3.01. The number of hydrogen-bond acceptors (Lipinski definition) is 4. The molecule has 0 saturated carbocycles. The van der Waals surface area contributed by atoms with E-state index in [0.29, 0.717) is 33.4 Å². The predicted molar refractivity (Wildman–Crippen MR) is 104 cm³/mol. The van der Waals surface area contributed by atoms with E-state index >= 15 is 0 Å². The Labute approximate surface area is 164 Å². The third-order valence-corrected chi connectivity index (χ3v) is 4.48. The SMILES string of the molecule is Cc1cc(C(=O)Nc2cnn(Cc3ccc(Cl)cc3Cl)c2)ccc1[N+](=O)[O-]. The highest BCUT2D eigenvalue weighted by Crippen LogP contribution is 2.22. The number of aryl methyl sites for hydroxylation is 1. The van der Waals surface area contributed by atoms with E-state index in [1.807, 2.05) is 6.07 Å². The molecule has 1 aromatic heterocycles. The lowest BCUT2D eigenvalue weighted by atomic mass is 10.1. The summed E-state index contributed by atoms with van der Waals surface area (Å²) in [6.45, 7) is 2.01. The monoisotopic (exact) mass is 404 g/mol. The Morgan fingerprint density at radius 1 is 1.26 bits per heavy atom. The van der Waals surface area contributed by atoms with E-state index in [4.69, 9.17) is 23.2 Å². The molecule has 0 unspecified atom stereocenters. The van der Waals surface area contributed by atoms with Crippen LogP contribution in [0.25, 0.3) is 0 Å². The van der Waals surface area contributed by atoms with Gasteiger partial charge in [-0.25, -0.2) is 0 Å². The van der Waals surface area contributed by atoms with E-state index in [-0.39, 0.29) is 11.6 Å². The molecule has 1 N–H and O–H groups in total. The average molecular weight is 405 g/mol. The summed E-state index contributed by atoms with van der Waals surface area (Å²) in [5.41, 5.74) is 2.06. The highest BCUT2D eigenvalue weighted by atomic mass is 35.5. The summed E-state index contributed by atoms with van der Waals surface area (Å²) in [5.74, 6) is -0.378. The van der Waals surface area contributed by atoms with E-state index < -0.39 is 4.92 Å². The summed E-state index contributed by atoms with van der Waals surface area (Å²) in [6.07, 6.45) is 3.18. The number of nitro benzene ring substituents is 1. The van der Waals surface area contributed by atoms with Crippen molar-refractivity contribution in [3.05, 3.63) is 85.6 Å². The van der Waals surface area contributed by atoms with Crippen molar-refractivity contribution in [3.8, 4) is 0 Å². The Balaban J connectivity index is 1.71. The molecule has 2 aromatic carbocycles. The second-order valence-corrected chi connectivity index (χ2v) is 6.72. The Kier molecular flexibility index (Phi) is 5.43. The maximum atomic E-state index is 12.4. The van der Waals surface area contributed by atoms with Gasteiger partial charge in [-0.05, 0) is 36.8 Å². The second kappa shape index (κ2) is 7.77. The van der Waals surface area contributed by atoms with Gasteiger partial charge in [0.05, 0.1) is 23.4 Å². The third-order valence-electron chi connectivity index (χ3n) is 3.89. The zero-order valence-corrected chi connectivity index (χ0v) is 15.7. The van der Waals surface area contributed by atoms with Crippen LogP contribution in [0, 0.1) is 17.0 Å². The van der Waals surface area contributed by atoms with E-state index in [2.05, 4.69) is 10.4 Å². The Bertz CT molecular complexity index is 1030. The van der Waals surface area contributed by atoms with Gasteiger partial charge in [0.15, 0.2) is 0 Å². The maximum Gasteiger partial charge on any atom is 0.272 e. The number of aromatic nitrogens is 2. The van der Waals surface area contributed by atoms with E-state index in [1.165, 1.54) is 24.4 Å². The topological polar surface area (TPSA) is 90.1 Å². The van der Waals surface area contributed by atoms with Crippen molar-refractivity contribution >= 4 is 40.5 Å². The van der Waals surface area contributed by atoms with E-state index in [1.54, 1.807) is 29.9 Å². The van der Waals surface area contributed by atoms with Gasteiger partial charge in [0, 0.05) is 33.4 Å². The number of benzene rings is 2. The smallest absolute Gasteiger partial charge is 0.272 e. The molecule has 7 nitrogen and oxygen atoms in total. The molecule has 9 heteroatoms. The molecule has 0 aliphatic carbocycles. The molecule has 0 aliphatic heterocycles. The Morgan fingerprint density at radius 3 is 2.70 bits per heavy atom. The van der Waals surface area contributed by atoms with Crippen LogP contribution in [0.4, 0.5) is 11.4 Å². The number of anilines is 1. The molecule has 0 saturated heterocycles. The van der Waals surface area contributed by atoms with Crippen molar-refractivity contribution in [2.75, 3.05) is 5.32 Å². The maximum absolute atomic E-state index is 12.4. The summed E-state index contributed by atoms with van der Waals surface area (Å²) in [4.78, 5) is 22.7. The first-order valence-corrected chi connectivity index (χ1v) is 8.62. The molecule has 27 heavy (non-hydrogen) atoms. The molecule has 0 atom stereocenters. The summed E-state index contributed by atoms with van der Waals surface area (Å²) in [6, 6.07) is 9.41. The molecule has 3 aromatic rings. The standard InChI is InChI=1S/C18H14Cl2N4O3/c1-11-6-12(3-5-17(11)24(26)27)18(25)22-15-8-21-23(10-15)9-13-2-4-14(19)7-16(13)20/h2-8,10H,9H2,1H3,(H,22,25). The molecule has 138 valence electrons. The molecule has 0 aliphatic rings. The zero-order valence-electron chi connectivity index (χ0n) is 14.1. The number of nitro groups is 1. The molecule has 0 spiro atoms. The quantitative estimate of drug-likeness (QED) is 0.492. The van der Waals surface area contributed by atoms with Gasteiger partial charge in [0.25, 0.3) is 11.6 Å². The normalized spacial score (nSPS) is 10.6. The van der Waals surface area contributed by atoms with Gasteiger partial charge in [-0.3, -0.25) is 19.6 Å². The predicted octanol–water partition coefficient (Wildman–Crippen LogP) is 4.71. The van der Waals surface area contributed by atoms with Crippen LogP contribution in [0.3, 0.4) is 0 Å². The fraction of sp³-hybridized carbons (Fsp3) is 0.111. The van der Waals surface area contributed by atoms with Gasteiger partial charge < -0.3 is 5.32 Å². The molecule has 0 fully saturated rings. The minimum absolute atomic E-state index is 0.0285. The number of nitrogens with one attached hydrogen (secondary N) is 1. The largest absolute Gasteiger partial charge is 0.319 e. The number of hydrogen-bond donors (Lipinski definition) is 1. The number of amides is 1. The lowest BCUT2D eigenvalue weighted by Gasteiger charge is -2.05.